The third kappa shape index (κ3) is 3.35. The summed E-state index contributed by atoms with van der Waals surface area (Å²) >= 11 is 0. The molecule has 1 fully saturated rings. The van der Waals surface area contributed by atoms with Crippen LogP contribution in [0.15, 0.2) is 30.6 Å². The molecule has 0 bridgehead atoms. The summed E-state index contributed by atoms with van der Waals surface area (Å²) < 4.78 is 5.54. The van der Waals surface area contributed by atoms with E-state index in [0.717, 1.165) is 49.2 Å². The number of anilines is 2. The maximum Gasteiger partial charge on any atom is 0.228 e. The Morgan fingerprint density at radius 1 is 0.962 bits per heavy atom. The highest BCUT2D eigenvalue weighted by atomic mass is 16.5. The zero-order valence-electron chi connectivity index (χ0n) is 15.0. The highest BCUT2D eigenvalue weighted by Gasteiger charge is 2.21. The normalized spacial score (nSPS) is 14.7. The van der Waals surface area contributed by atoms with Crippen LogP contribution in [-0.2, 0) is 0 Å². The van der Waals surface area contributed by atoms with Crippen LogP contribution in [0.25, 0.3) is 11.2 Å². The van der Waals surface area contributed by atoms with Gasteiger partial charge in [-0.1, -0.05) is 0 Å². The molecule has 8 nitrogen and oxygen atoms in total. The van der Waals surface area contributed by atoms with Crippen molar-refractivity contribution in [2.24, 2.45) is 0 Å². The number of fused-ring (bicyclic) bond motifs is 1. The van der Waals surface area contributed by atoms with E-state index in [0.29, 0.717) is 18.1 Å². The molecule has 4 rings (SSSR count). The Morgan fingerprint density at radius 2 is 1.73 bits per heavy atom. The van der Waals surface area contributed by atoms with E-state index in [-0.39, 0.29) is 0 Å². The van der Waals surface area contributed by atoms with E-state index in [1.165, 1.54) is 0 Å². The quantitative estimate of drug-likeness (QED) is 0.704. The van der Waals surface area contributed by atoms with Gasteiger partial charge in [-0.3, -0.25) is 4.98 Å². The van der Waals surface area contributed by atoms with Crippen LogP contribution in [0.5, 0.6) is 5.88 Å². The van der Waals surface area contributed by atoms with Crippen molar-refractivity contribution in [2.45, 2.75) is 13.8 Å². The lowest BCUT2D eigenvalue weighted by molar-refractivity contribution is 0.325. The molecule has 26 heavy (non-hydrogen) atoms. The van der Waals surface area contributed by atoms with Crippen LogP contribution in [0.4, 0.5) is 11.8 Å². The van der Waals surface area contributed by atoms with Crippen molar-refractivity contribution in [1.29, 1.82) is 0 Å². The minimum Gasteiger partial charge on any atom is -0.478 e. The first kappa shape index (κ1) is 16.4. The predicted octanol–water partition coefficient (Wildman–Crippen LogP) is 1.85. The van der Waals surface area contributed by atoms with E-state index in [2.05, 4.69) is 34.7 Å². The Morgan fingerprint density at radius 3 is 2.54 bits per heavy atom. The molecule has 8 heteroatoms. The molecule has 0 N–H and O–H groups in total. The maximum atomic E-state index is 5.54. The molecule has 4 heterocycles. The molecule has 0 radical (unpaired) electrons. The first-order valence-electron chi connectivity index (χ1n) is 8.79. The van der Waals surface area contributed by atoms with E-state index in [9.17, 15) is 0 Å². The van der Waals surface area contributed by atoms with E-state index in [1.54, 1.807) is 12.4 Å². The first-order chi connectivity index (χ1) is 12.7. The lowest BCUT2D eigenvalue weighted by Gasteiger charge is -2.35. The molecule has 0 amide bonds. The number of aryl methyl sites for hydroxylation is 1. The fourth-order valence-electron chi connectivity index (χ4n) is 3.04. The van der Waals surface area contributed by atoms with Crippen LogP contribution < -0.4 is 14.5 Å². The smallest absolute Gasteiger partial charge is 0.228 e. The lowest BCUT2D eigenvalue weighted by Crippen LogP contribution is -2.47. The number of piperazine rings is 1. The SMILES string of the molecule is CCOc1cc(C)nc(N2CCN(c3ccc4nccnc4n3)CC2)n1. The summed E-state index contributed by atoms with van der Waals surface area (Å²) in [5.74, 6) is 2.29. The van der Waals surface area contributed by atoms with E-state index in [4.69, 9.17) is 4.74 Å². The lowest BCUT2D eigenvalue weighted by atomic mass is 10.3. The minimum atomic E-state index is 0.597. The van der Waals surface area contributed by atoms with Gasteiger partial charge in [-0.05, 0) is 26.0 Å². The summed E-state index contributed by atoms with van der Waals surface area (Å²) in [5.41, 5.74) is 2.40. The van der Waals surface area contributed by atoms with Gasteiger partial charge >= 0.3 is 0 Å². The van der Waals surface area contributed by atoms with Crippen molar-refractivity contribution >= 4 is 22.9 Å². The number of nitrogens with zero attached hydrogens (tertiary/aromatic N) is 7. The van der Waals surface area contributed by atoms with Crippen molar-refractivity contribution < 1.29 is 4.74 Å². The molecule has 1 saturated heterocycles. The standard InChI is InChI=1S/C18H21N7O/c1-3-26-16-12-13(2)21-18(23-16)25-10-8-24(9-11-25)15-5-4-14-17(22-15)20-7-6-19-14/h4-7,12H,3,8-11H2,1-2H3. The topological polar surface area (TPSA) is 80.2 Å². The van der Waals surface area contributed by atoms with Gasteiger partial charge in [0.1, 0.15) is 11.3 Å². The number of hydrogen-bond acceptors (Lipinski definition) is 8. The monoisotopic (exact) mass is 351 g/mol. The molecular weight excluding hydrogens is 330 g/mol. The summed E-state index contributed by atoms with van der Waals surface area (Å²) in [6.07, 6.45) is 3.35. The molecule has 0 unspecified atom stereocenters. The first-order valence-corrected chi connectivity index (χ1v) is 8.79. The molecular formula is C18H21N7O. The predicted molar refractivity (Wildman–Crippen MR) is 99.7 cm³/mol. The molecule has 0 saturated carbocycles. The second-order valence-corrected chi connectivity index (χ2v) is 6.12. The van der Waals surface area contributed by atoms with Crippen molar-refractivity contribution in [3.8, 4) is 5.88 Å². The van der Waals surface area contributed by atoms with E-state index in [1.807, 2.05) is 32.0 Å². The fraction of sp³-hybridized carbons (Fsp3) is 0.389. The number of ether oxygens (including phenoxy) is 1. The average Bonchev–Trinajstić information content (AvgIpc) is 2.67. The molecule has 0 atom stereocenters. The van der Waals surface area contributed by atoms with Gasteiger partial charge in [-0.15, -0.1) is 0 Å². The van der Waals surface area contributed by atoms with E-state index < -0.39 is 0 Å². The molecule has 0 spiro atoms. The minimum absolute atomic E-state index is 0.597. The van der Waals surface area contributed by atoms with Crippen molar-refractivity contribution in [3.63, 3.8) is 0 Å². The van der Waals surface area contributed by atoms with Crippen molar-refractivity contribution in [3.05, 3.63) is 36.3 Å². The van der Waals surface area contributed by atoms with Gasteiger partial charge < -0.3 is 14.5 Å². The zero-order chi connectivity index (χ0) is 17.9. The third-order valence-corrected chi connectivity index (χ3v) is 4.31. The maximum absolute atomic E-state index is 5.54. The molecule has 1 aliphatic rings. The van der Waals surface area contributed by atoms with Gasteiger partial charge in [0, 0.05) is 50.3 Å². The number of aromatic nitrogens is 5. The van der Waals surface area contributed by atoms with Gasteiger partial charge in [0.15, 0.2) is 5.65 Å². The van der Waals surface area contributed by atoms with Gasteiger partial charge in [-0.2, -0.15) is 4.98 Å². The van der Waals surface area contributed by atoms with Crippen LogP contribution in [0.2, 0.25) is 0 Å². The van der Waals surface area contributed by atoms with Crippen LogP contribution >= 0.6 is 0 Å². The Balaban J connectivity index is 1.48. The average molecular weight is 351 g/mol. The molecule has 3 aromatic rings. The van der Waals surface area contributed by atoms with E-state index >= 15 is 0 Å². The highest BCUT2D eigenvalue weighted by molar-refractivity contribution is 5.71. The zero-order valence-corrected chi connectivity index (χ0v) is 15.0. The van der Waals surface area contributed by atoms with Crippen molar-refractivity contribution in [2.75, 3.05) is 42.6 Å². The van der Waals surface area contributed by atoms with Crippen LogP contribution in [-0.4, -0.2) is 57.7 Å². The second kappa shape index (κ2) is 7.07. The van der Waals surface area contributed by atoms with Crippen molar-refractivity contribution in [1.82, 2.24) is 24.9 Å². The Labute approximate surface area is 151 Å². The van der Waals surface area contributed by atoms with Crippen LogP contribution in [0.1, 0.15) is 12.6 Å². The van der Waals surface area contributed by atoms with Gasteiger partial charge in [0.2, 0.25) is 11.8 Å². The Hall–Kier alpha value is -3.03. The number of hydrogen-bond donors (Lipinski definition) is 0. The van der Waals surface area contributed by atoms with Gasteiger partial charge in [0.25, 0.3) is 0 Å². The molecule has 134 valence electrons. The third-order valence-electron chi connectivity index (χ3n) is 4.31. The fourth-order valence-corrected chi connectivity index (χ4v) is 3.04. The number of rotatable bonds is 4. The second-order valence-electron chi connectivity index (χ2n) is 6.12. The molecule has 1 aliphatic heterocycles. The number of pyridine rings is 1. The largest absolute Gasteiger partial charge is 0.478 e. The summed E-state index contributed by atoms with van der Waals surface area (Å²) in [5, 5.41) is 0. The Kier molecular flexibility index (Phi) is 4.47. The summed E-state index contributed by atoms with van der Waals surface area (Å²) in [6, 6.07) is 5.83. The highest BCUT2D eigenvalue weighted by Crippen LogP contribution is 2.20. The molecule has 0 aliphatic carbocycles. The summed E-state index contributed by atoms with van der Waals surface area (Å²) in [7, 11) is 0. The molecule has 3 aromatic heterocycles. The van der Waals surface area contributed by atoms with Gasteiger partial charge in [0.05, 0.1) is 6.61 Å². The Bertz CT molecular complexity index is 909. The van der Waals surface area contributed by atoms with Gasteiger partial charge in [-0.25, -0.2) is 15.0 Å². The molecule has 0 aromatic carbocycles. The summed E-state index contributed by atoms with van der Waals surface area (Å²) in [6.45, 7) is 7.87. The van der Waals surface area contributed by atoms with Crippen LogP contribution in [0.3, 0.4) is 0 Å². The summed E-state index contributed by atoms with van der Waals surface area (Å²) in [4.78, 5) is 26.7. The van der Waals surface area contributed by atoms with Crippen LogP contribution in [0, 0.1) is 6.92 Å².